The van der Waals surface area contributed by atoms with Crippen LogP contribution in [0.25, 0.3) is 0 Å². The number of nitrogens with zero attached hydrogens (tertiary/aromatic N) is 1. The molecule has 1 aliphatic rings. The molecule has 25 heavy (non-hydrogen) atoms. The Morgan fingerprint density at radius 3 is 1.68 bits per heavy atom. The average molecular weight is 441 g/mol. The molecule has 2 aromatic carbocycles. The molecule has 0 bridgehead atoms. The maximum absolute atomic E-state index is 12.7. The van der Waals surface area contributed by atoms with Gasteiger partial charge in [0.05, 0.1) is 36.9 Å². The first-order chi connectivity index (χ1) is 11.6. The maximum atomic E-state index is 12.7. The van der Waals surface area contributed by atoms with Crippen molar-refractivity contribution in [1.82, 2.24) is 0 Å². The molecule has 0 spiro atoms. The van der Waals surface area contributed by atoms with Crippen molar-refractivity contribution in [3.63, 3.8) is 0 Å². The Labute approximate surface area is 161 Å². The van der Waals surface area contributed by atoms with Gasteiger partial charge >= 0.3 is 0 Å². The zero-order valence-corrected chi connectivity index (χ0v) is 15.6. The molecule has 11 heteroatoms. The predicted octanol–water partition coefficient (Wildman–Crippen LogP) is 4.35. The number of rotatable bonds is 2. The van der Waals surface area contributed by atoms with Crippen molar-refractivity contribution in [2.45, 2.75) is 4.90 Å². The van der Waals surface area contributed by atoms with E-state index in [-0.39, 0.29) is 36.9 Å². The molecule has 0 saturated heterocycles. The van der Waals surface area contributed by atoms with Gasteiger partial charge in [-0.2, -0.15) is 8.42 Å². The van der Waals surface area contributed by atoms with E-state index in [1.54, 1.807) is 0 Å². The van der Waals surface area contributed by atoms with Crippen molar-refractivity contribution in [3.05, 3.63) is 55.5 Å². The molecule has 0 radical (unpaired) electrons. The molecule has 0 fully saturated rings. The van der Waals surface area contributed by atoms with Gasteiger partial charge in [0.1, 0.15) is 4.90 Å². The summed E-state index contributed by atoms with van der Waals surface area (Å²) in [6, 6.07) is 4.92. The quantitative estimate of drug-likeness (QED) is 0.324. The van der Waals surface area contributed by atoms with E-state index in [1.807, 2.05) is 0 Å². The number of hydrogen-bond donors (Lipinski definition) is 1. The van der Waals surface area contributed by atoms with Crippen LogP contribution in [0.2, 0.25) is 20.1 Å². The average Bonchev–Trinajstić information content (AvgIpc) is 2.81. The summed E-state index contributed by atoms with van der Waals surface area (Å²) in [4.78, 5) is 25.3. The number of anilines is 1. The van der Waals surface area contributed by atoms with Gasteiger partial charge in [0.25, 0.3) is 21.9 Å². The highest BCUT2D eigenvalue weighted by Crippen LogP contribution is 2.46. The molecular weight excluding hydrogens is 436 g/mol. The second kappa shape index (κ2) is 6.12. The number of hydrogen-bond acceptors (Lipinski definition) is 4. The lowest BCUT2D eigenvalue weighted by atomic mass is 10.1. The molecule has 2 aromatic rings. The number of imide groups is 1. The Kier molecular flexibility index (Phi) is 4.51. The number of carbonyl (C=O) groups excluding carboxylic acids is 2. The molecular formula is C14H5Cl4NO5S. The zero-order chi connectivity index (χ0) is 18.7. The molecule has 1 aliphatic heterocycles. The third kappa shape index (κ3) is 2.71. The Bertz CT molecular complexity index is 1020. The van der Waals surface area contributed by atoms with Crippen LogP contribution >= 0.6 is 46.4 Å². The lowest BCUT2D eigenvalue weighted by Gasteiger charge is -2.16. The van der Waals surface area contributed by atoms with Crippen LogP contribution in [-0.4, -0.2) is 24.8 Å². The van der Waals surface area contributed by atoms with Crippen LogP contribution in [0.5, 0.6) is 0 Å². The van der Waals surface area contributed by atoms with Gasteiger partial charge in [-0.1, -0.05) is 58.5 Å². The normalized spacial score (nSPS) is 14.2. The zero-order valence-electron chi connectivity index (χ0n) is 11.8. The minimum Gasteiger partial charge on any atom is -0.282 e. The third-order valence-electron chi connectivity index (χ3n) is 3.49. The van der Waals surface area contributed by atoms with Crippen molar-refractivity contribution >= 4 is 74.0 Å². The number of benzene rings is 2. The molecule has 6 nitrogen and oxygen atoms in total. The van der Waals surface area contributed by atoms with Gasteiger partial charge in [-0.15, -0.1) is 0 Å². The van der Waals surface area contributed by atoms with Gasteiger partial charge in [0, 0.05) is 0 Å². The van der Waals surface area contributed by atoms with Gasteiger partial charge in [0.15, 0.2) is 0 Å². The minimum atomic E-state index is -4.71. The molecule has 0 atom stereocenters. The van der Waals surface area contributed by atoms with E-state index in [1.165, 1.54) is 18.2 Å². The molecule has 1 heterocycles. The van der Waals surface area contributed by atoms with Crippen molar-refractivity contribution in [3.8, 4) is 0 Å². The summed E-state index contributed by atoms with van der Waals surface area (Å²) in [5.74, 6) is -1.89. The molecule has 130 valence electrons. The molecule has 3 rings (SSSR count). The van der Waals surface area contributed by atoms with E-state index in [0.717, 1.165) is 6.07 Å². The Morgan fingerprint density at radius 2 is 1.24 bits per heavy atom. The van der Waals surface area contributed by atoms with Crippen molar-refractivity contribution < 1.29 is 22.6 Å². The second-order valence-electron chi connectivity index (χ2n) is 4.89. The summed E-state index contributed by atoms with van der Waals surface area (Å²) in [6.07, 6.45) is 0. The molecule has 0 aliphatic carbocycles. The first-order valence-electron chi connectivity index (χ1n) is 6.38. The van der Waals surface area contributed by atoms with Crippen LogP contribution in [0, 0.1) is 0 Å². The number of halogens is 4. The summed E-state index contributed by atoms with van der Waals surface area (Å²) in [5, 5.41) is -0.983. The lowest BCUT2D eigenvalue weighted by Crippen LogP contribution is -2.30. The van der Waals surface area contributed by atoms with Crippen molar-refractivity contribution in [1.29, 1.82) is 0 Å². The van der Waals surface area contributed by atoms with E-state index in [2.05, 4.69) is 0 Å². The summed E-state index contributed by atoms with van der Waals surface area (Å²) >= 11 is 23.9. The first kappa shape index (κ1) is 18.4. The number of amides is 2. The monoisotopic (exact) mass is 439 g/mol. The first-order valence-corrected chi connectivity index (χ1v) is 9.33. The highest BCUT2D eigenvalue weighted by molar-refractivity contribution is 7.86. The predicted molar refractivity (Wildman–Crippen MR) is 93.9 cm³/mol. The van der Waals surface area contributed by atoms with Crippen molar-refractivity contribution in [2.75, 3.05) is 4.90 Å². The van der Waals surface area contributed by atoms with Crippen molar-refractivity contribution in [2.24, 2.45) is 0 Å². The van der Waals surface area contributed by atoms with E-state index in [0.29, 0.717) is 4.90 Å². The Morgan fingerprint density at radius 1 is 0.800 bits per heavy atom. The molecule has 2 amide bonds. The molecule has 0 saturated carbocycles. The molecule has 1 N–H and O–H groups in total. The summed E-state index contributed by atoms with van der Waals surface area (Å²) in [7, 11) is -4.71. The third-order valence-corrected chi connectivity index (χ3v) is 6.19. The van der Waals surface area contributed by atoms with Crippen LogP contribution in [-0.2, 0) is 10.1 Å². The van der Waals surface area contributed by atoms with Crippen LogP contribution in [0.1, 0.15) is 20.7 Å². The SMILES string of the molecule is O=C1c2c(Cl)c(Cl)c(Cl)c(Cl)c2C(=O)N1c1ccccc1S(=O)(=O)O. The maximum Gasteiger partial charge on any atom is 0.296 e. The fourth-order valence-electron chi connectivity index (χ4n) is 2.43. The van der Waals surface area contributed by atoms with E-state index < -0.39 is 26.8 Å². The number of para-hydroxylation sites is 1. The highest BCUT2D eigenvalue weighted by Gasteiger charge is 2.43. The fourth-order valence-corrected chi connectivity index (χ4v) is 4.12. The number of carbonyl (C=O) groups is 2. The van der Waals surface area contributed by atoms with Crippen LogP contribution in [0.15, 0.2) is 29.2 Å². The van der Waals surface area contributed by atoms with Crippen LogP contribution in [0.4, 0.5) is 5.69 Å². The fraction of sp³-hybridized carbons (Fsp3) is 0. The van der Waals surface area contributed by atoms with E-state index in [4.69, 9.17) is 46.4 Å². The highest BCUT2D eigenvalue weighted by atomic mass is 35.5. The van der Waals surface area contributed by atoms with Crippen LogP contribution < -0.4 is 4.90 Å². The largest absolute Gasteiger partial charge is 0.296 e. The minimum absolute atomic E-state index is 0.210. The van der Waals surface area contributed by atoms with Gasteiger partial charge in [0.2, 0.25) is 0 Å². The molecule has 0 unspecified atom stereocenters. The van der Waals surface area contributed by atoms with Crippen LogP contribution in [0.3, 0.4) is 0 Å². The topological polar surface area (TPSA) is 91.8 Å². The standard InChI is InChI=1S/C14H5Cl4NO5S/c15-9-7-8(10(16)12(18)11(9)17)14(21)19(13(7)20)5-3-1-2-4-6(5)25(22,23)24/h1-4H,(H,22,23,24). The smallest absolute Gasteiger partial charge is 0.282 e. The number of fused-ring (bicyclic) bond motifs is 1. The molecule has 0 aromatic heterocycles. The van der Waals surface area contributed by atoms with Gasteiger partial charge in [-0.25, -0.2) is 4.90 Å². The van der Waals surface area contributed by atoms with Gasteiger partial charge in [-0.3, -0.25) is 14.1 Å². The Hall–Kier alpha value is -1.35. The Balaban J connectivity index is 2.31. The lowest BCUT2D eigenvalue weighted by molar-refractivity contribution is 0.0925. The van der Waals surface area contributed by atoms with Gasteiger partial charge in [-0.05, 0) is 12.1 Å². The summed E-state index contributed by atoms with van der Waals surface area (Å²) in [5.41, 5.74) is -0.942. The van der Waals surface area contributed by atoms with E-state index in [9.17, 15) is 22.6 Å². The second-order valence-corrected chi connectivity index (χ2v) is 7.80. The summed E-state index contributed by atoms with van der Waals surface area (Å²) < 4.78 is 32.4. The van der Waals surface area contributed by atoms with Gasteiger partial charge < -0.3 is 0 Å². The summed E-state index contributed by atoms with van der Waals surface area (Å²) in [6.45, 7) is 0. The van der Waals surface area contributed by atoms with E-state index >= 15 is 0 Å².